The van der Waals surface area contributed by atoms with Crippen LogP contribution in [0.25, 0.3) is 32.3 Å². The Kier molecular flexibility index (Phi) is 3.75. The Balaban J connectivity index is 1.36. The highest BCUT2D eigenvalue weighted by molar-refractivity contribution is 6.04. The molecule has 0 spiro atoms. The third kappa shape index (κ3) is 2.79. The van der Waals surface area contributed by atoms with Crippen molar-refractivity contribution in [1.82, 2.24) is 0 Å². The molecule has 0 saturated heterocycles. The van der Waals surface area contributed by atoms with Gasteiger partial charge in [-0.1, -0.05) is 54.6 Å². The summed E-state index contributed by atoms with van der Waals surface area (Å²) in [5.74, 6) is 0.397. The molecule has 5 aromatic rings. The van der Waals surface area contributed by atoms with Crippen molar-refractivity contribution in [3.63, 3.8) is 0 Å². The first-order chi connectivity index (χ1) is 14.7. The van der Waals surface area contributed by atoms with E-state index >= 15 is 0 Å². The summed E-state index contributed by atoms with van der Waals surface area (Å²) >= 11 is 0. The minimum absolute atomic E-state index is 0.397. The largest absolute Gasteiger partial charge is 0.369 e. The number of guanidine groups is 1. The van der Waals surface area contributed by atoms with Crippen LogP contribution in [0.5, 0.6) is 0 Å². The summed E-state index contributed by atoms with van der Waals surface area (Å²) in [6, 6.07) is 29.9. The van der Waals surface area contributed by atoms with E-state index in [2.05, 4.69) is 84.2 Å². The van der Waals surface area contributed by atoms with Crippen LogP contribution in [0, 0.1) is 0 Å². The molecule has 0 atom stereocenters. The number of hydrogen-bond acceptors (Lipinski definition) is 1. The molecule has 0 unspecified atom stereocenters. The van der Waals surface area contributed by atoms with Crippen molar-refractivity contribution in [2.75, 3.05) is 5.32 Å². The lowest BCUT2D eigenvalue weighted by atomic mass is 10.0. The van der Waals surface area contributed by atoms with Gasteiger partial charge in [-0.3, -0.25) is 0 Å². The number of aryl methyl sites for hydroxylation is 2. The van der Waals surface area contributed by atoms with E-state index in [4.69, 9.17) is 10.7 Å². The maximum absolute atomic E-state index is 6.29. The smallest absolute Gasteiger partial charge is 0.198 e. The molecule has 144 valence electrons. The third-order valence-electron chi connectivity index (χ3n) is 6.07. The van der Waals surface area contributed by atoms with Crippen LogP contribution in [-0.4, -0.2) is 5.96 Å². The quantitative estimate of drug-likeness (QED) is 0.212. The molecule has 0 saturated carbocycles. The fourth-order valence-corrected chi connectivity index (χ4v) is 4.65. The molecule has 0 bridgehead atoms. The summed E-state index contributed by atoms with van der Waals surface area (Å²) in [6.07, 6.45) is 2.22. The van der Waals surface area contributed by atoms with Gasteiger partial charge in [0.2, 0.25) is 0 Å². The first kappa shape index (κ1) is 17.0. The maximum Gasteiger partial charge on any atom is 0.198 e. The third-order valence-corrected chi connectivity index (χ3v) is 6.07. The first-order valence-electron chi connectivity index (χ1n) is 10.3. The fraction of sp³-hybridized carbons (Fsp3) is 0.0741. The summed E-state index contributed by atoms with van der Waals surface area (Å²) in [5.41, 5.74) is 11.0. The van der Waals surface area contributed by atoms with E-state index in [-0.39, 0.29) is 0 Å². The fourth-order valence-electron chi connectivity index (χ4n) is 4.65. The molecule has 0 heterocycles. The van der Waals surface area contributed by atoms with Crippen LogP contribution in [0.15, 0.2) is 89.9 Å². The van der Waals surface area contributed by atoms with Crippen LogP contribution in [0.1, 0.15) is 11.1 Å². The summed E-state index contributed by atoms with van der Waals surface area (Å²) < 4.78 is 0. The van der Waals surface area contributed by atoms with Crippen molar-refractivity contribution < 1.29 is 0 Å². The van der Waals surface area contributed by atoms with E-state index in [1.165, 1.54) is 43.4 Å². The van der Waals surface area contributed by atoms with Crippen LogP contribution in [0.2, 0.25) is 0 Å². The molecule has 30 heavy (non-hydrogen) atoms. The van der Waals surface area contributed by atoms with Gasteiger partial charge in [0.1, 0.15) is 0 Å². The highest BCUT2D eigenvalue weighted by Gasteiger charge is 2.15. The summed E-state index contributed by atoms with van der Waals surface area (Å²) in [5, 5.41) is 10.7. The van der Waals surface area contributed by atoms with Gasteiger partial charge in [-0.25, -0.2) is 4.99 Å². The summed E-state index contributed by atoms with van der Waals surface area (Å²) in [4.78, 5) is 4.71. The Morgan fingerprint density at radius 1 is 0.700 bits per heavy atom. The highest BCUT2D eigenvalue weighted by Crippen LogP contribution is 2.36. The maximum atomic E-state index is 6.29. The summed E-state index contributed by atoms with van der Waals surface area (Å²) in [6.45, 7) is 0. The topological polar surface area (TPSA) is 50.4 Å². The van der Waals surface area contributed by atoms with Gasteiger partial charge >= 0.3 is 0 Å². The predicted molar refractivity (Wildman–Crippen MR) is 128 cm³/mol. The number of rotatable bonds is 2. The molecule has 1 aliphatic carbocycles. The Hall–Kier alpha value is -3.85. The standard InChI is InChI=1S/C27H21N3/c28-27(30-25-13-11-18-9-8-17-6-3-7-24(25)26(17)18)29-23-12-10-21-14-19-4-1-2-5-20(19)15-22(21)16-23/h1-7,10-16H,8-9H2,(H3,28,29,30). The highest BCUT2D eigenvalue weighted by atomic mass is 15.1. The second kappa shape index (κ2) is 6.60. The van der Waals surface area contributed by atoms with Gasteiger partial charge in [-0.2, -0.15) is 0 Å². The van der Waals surface area contributed by atoms with Crippen molar-refractivity contribution in [3.8, 4) is 0 Å². The second-order valence-electron chi connectivity index (χ2n) is 7.97. The zero-order chi connectivity index (χ0) is 20.1. The lowest BCUT2D eigenvalue weighted by Crippen LogP contribution is -2.21. The van der Waals surface area contributed by atoms with E-state index < -0.39 is 0 Å². The first-order valence-corrected chi connectivity index (χ1v) is 10.3. The molecule has 0 aliphatic heterocycles. The number of nitrogens with one attached hydrogen (secondary N) is 1. The molecule has 3 heteroatoms. The van der Waals surface area contributed by atoms with E-state index in [9.17, 15) is 0 Å². The molecular weight excluding hydrogens is 366 g/mol. The van der Waals surface area contributed by atoms with Crippen LogP contribution >= 0.6 is 0 Å². The van der Waals surface area contributed by atoms with Crippen LogP contribution in [-0.2, 0) is 12.8 Å². The van der Waals surface area contributed by atoms with E-state index in [1.807, 2.05) is 6.07 Å². The van der Waals surface area contributed by atoms with Gasteiger partial charge in [-0.05, 0) is 81.2 Å². The van der Waals surface area contributed by atoms with Gasteiger partial charge in [0, 0.05) is 11.1 Å². The van der Waals surface area contributed by atoms with Gasteiger partial charge < -0.3 is 11.1 Å². The van der Waals surface area contributed by atoms with Crippen molar-refractivity contribution >= 4 is 49.7 Å². The van der Waals surface area contributed by atoms with Crippen molar-refractivity contribution in [3.05, 3.63) is 96.1 Å². The molecule has 3 N–H and O–H groups in total. The van der Waals surface area contributed by atoms with Crippen molar-refractivity contribution in [2.45, 2.75) is 12.8 Å². The van der Waals surface area contributed by atoms with Gasteiger partial charge in [0.05, 0.1) is 5.69 Å². The zero-order valence-corrected chi connectivity index (χ0v) is 16.5. The van der Waals surface area contributed by atoms with Crippen molar-refractivity contribution in [1.29, 1.82) is 0 Å². The lowest BCUT2D eigenvalue weighted by Gasteiger charge is -2.10. The van der Waals surface area contributed by atoms with Gasteiger partial charge in [0.15, 0.2) is 5.96 Å². The minimum atomic E-state index is 0.397. The molecule has 0 amide bonds. The molecular formula is C27H21N3. The number of nitrogens with zero attached hydrogens (tertiary/aromatic N) is 1. The lowest BCUT2D eigenvalue weighted by molar-refractivity contribution is 1.02. The van der Waals surface area contributed by atoms with Crippen molar-refractivity contribution in [2.24, 2.45) is 10.7 Å². The molecule has 0 aromatic heterocycles. The van der Waals surface area contributed by atoms with Gasteiger partial charge in [-0.15, -0.1) is 0 Å². The average molecular weight is 387 g/mol. The SMILES string of the molecule is NC(=Nc1ccc2c3c(cccc13)CC2)Nc1ccc2cc3ccccc3cc2c1. The molecule has 5 aromatic carbocycles. The number of benzene rings is 5. The number of aliphatic imine (C=N–C) groups is 1. The normalized spacial score (nSPS) is 13.4. The molecule has 6 rings (SSSR count). The van der Waals surface area contributed by atoms with Crippen LogP contribution in [0.3, 0.4) is 0 Å². The Morgan fingerprint density at radius 3 is 2.27 bits per heavy atom. The van der Waals surface area contributed by atoms with Crippen LogP contribution in [0.4, 0.5) is 11.4 Å². The van der Waals surface area contributed by atoms with E-state index in [0.29, 0.717) is 5.96 Å². The van der Waals surface area contributed by atoms with E-state index in [1.54, 1.807) is 0 Å². The number of fused-ring (bicyclic) bond motifs is 2. The summed E-state index contributed by atoms with van der Waals surface area (Å²) in [7, 11) is 0. The van der Waals surface area contributed by atoms with Gasteiger partial charge in [0.25, 0.3) is 0 Å². The zero-order valence-electron chi connectivity index (χ0n) is 16.5. The Bertz CT molecular complexity index is 1470. The minimum Gasteiger partial charge on any atom is -0.369 e. The number of hydrogen-bond donors (Lipinski definition) is 2. The molecule has 1 aliphatic rings. The molecule has 0 fully saturated rings. The predicted octanol–water partition coefficient (Wildman–Crippen LogP) is 6.30. The molecule has 0 radical (unpaired) electrons. The second-order valence-corrected chi connectivity index (χ2v) is 7.97. The Labute approximate surface area is 174 Å². The molecule has 3 nitrogen and oxygen atoms in total. The van der Waals surface area contributed by atoms with E-state index in [0.717, 1.165) is 24.2 Å². The monoisotopic (exact) mass is 387 g/mol. The van der Waals surface area contributed by atoms with Crippen LogP contribution < -0.4 is 11.1 Å². The Morgan fingerprint density at radius 2 is 1.43 bits per heavy atom. The number of anilines is 1. The average Bonchev–Trinajstić information content (AvgIpc) is 3.19. The number of nitrogens with two attached hydrogens (primary N) is 1.